The Morgan fingerprint density at radius 3 is 2.14 bits per heavy atom. The van der Waals surface area contributed by atoms with Gasteiger partial charge in [-0.2, -0.15) is 0 Å². The highest BCUT2D eigenvalue weighted by atomic mass is 15.1. The van der Waals surface area contributed by atoms with Crippen LogP contribution < -0.4 is 0 Å². The van der Waals surface area contributed by atoms with Gasteiger partial charge in [0.1, 0.15) is 5.82 Å². The van der Waals surface area contributed by atoms with Crippen LogP contribution in [0.3, 0.4) is 0 Å². The molecule has 1 unspecified atom stereocenters. The first-order valence-corrected chi connectivity index (χ1v) is 10.6. The molecule has 0 fully saturated rings. The van der Waals surface area contributed by atoms with Crippen molar-refractivity contribution in [2.45, 2.75) is 46.6 Å². The fraction of sp³-hybridized carbons (Fsp3) is 0.296. The fourth-order valence-corrected chi connectivity index (χ4v) is 4.03. The third kappa shape index (κ3) is 4.27. The van der Waals surface area contributed by atoms with Gasteiger partial charge in [0.25, 0.3) is 0 Å². The summed E-state index contributed by atoms with van der Waals surface area (Å²) in [6.07, 6.45) is 1.13. The number of hydrogen-bond acceptors (Lipinski definition) is 1. The first kappa shape index (κ1) is 19.4. The Bertz CT molecular complexity index is 1090. The topological polar surface area (TPSA) is 17.8 Å². The number of rotatable bonds is 6. The van der Waals surface area contributed by atoms with Crippen molar-refractivity contribution >= 4 is 11.0 Å². The number of para-hydroxylation sites is 2. The lowest BCUT2D eigenvalue weighted by atomic mass is 9.96. The van der Waals surface area contributed by atoms with E-state index in [4.69, 9.17) is 4.98 Å². The minimum atomic E-state index is 0.237. The van der Waals surface area contributed by atoms with Gasteiger partial charge in [-0.15, -0.1) is 0 Å². The smallest absolute Gasteiger partial charge is 0.117 e. The molecule has 1 heterocycles. The second kappa shape index (κ2) is 8.24. The molecule has 0 aliphatic rings. The summed E-state index contributed by atoms with van der Waals surface area (Å²) >= 11 is 0. The molecule has 0 aliphatic carbocycles. The van der Waals surface area contributed by atoms with Crippen molar-refractivity contribution in [2.75, 3.05) is 0 Å². The lowest BCUT2D eigenvalue weighted by molar-refractivity contribution is 0.646. The highest BCUT2D eigenvalue weighted by molar-refractivity contribution is 5.76. The van der Waals surface area contributed by atoms with Crippen molar-refractivity contribution < 1.29 is 0 Å². The molecule has 4 rings (SSSR count). The molecule has 29 heavy (non-hydrogen) atoms. The molecule has 0 spiro atoms. The monoisotopic (exact) mass is 382 g/mol. The van der Waals surface area contributed by atoms with Crippen LogP contribution in [0.5, 0.6) is 0 Å². The first-order valence-electron chi connectivity index (χ1n) is 10.6. The van der Waals surface area contributed by atoms with E-state index in [2.05, 4.69) is 105 Å². The Kier molecular flexibility index (Phi) is 5.53. The van der Waals surface area contributed by atoms with Crippen LogP contribution in [0.25, 0.3) is 11.0 Å². The van der Waals surface area contributed by atoms with Crippen molar-refractivity contribution in [2.24, 2.45) is 5.92 Å². The molecular formula is C27H30N2. The number of imidazole rings is 1. The Morgan fingerprint density at radius 1 is 0.793 bits per heavy atom. The van der Waals surface area contributed by atoms with E-state index >= 15 is 0 Å². The number of fused-ring (bicyclic) bond motifs is 1. The maximum Gasteiger partial charge on any atom is 0.117 e. The zero-order valence-corrected chi connectivity index (χ0v) is 17.9. The molecule has 0 saturated heterocycles. The van der Waals surface area contributed by atoms with Gasteiger partial charge in [-0.1, -0.05) is 87.0 Å². The number of nitrogens with zero attached hydrogens (tertiary/aromatic N) is 2. The maximum atomic E-state index is 5.04. The summed E-state index contributed by atoms with van der Waals surface area (Å²) in [4.78, 5) is 5.04. The second-order valence-corrected chi connectivity index (χ2v) is 8.59. The summed E-state index contributed by atoms with van der Waals surface area (Å²) in [7, 11) is 0. The summed E-state index contributed by atoms with van der Waals surface area (Å²) in [6.45, 7) is 9.77. The summed E-state index contributed by atoms with van der Waals surface area (Å²) in [5, 5.41) is 0. The minimum Gasteiger partial charge on any atom is -0.323 e. The average molecular weight is 383 g/mol. The van der Waals surface area contributed by atoms with E-state index in [9.17, 15) is 0 Å². The van der Waals surface area contributed by atoms with Gasteiger partial charge < -0.3 is 4.57 Å². The molecule has 4 aromatic rings. The number of aryl methyl sites for hydroxylation is 1. The summed E-state index contributed by atoms with van der Waals surface area (Å²) in [5.41, 5.74) is 7.59. The van der Waals surface area contributed by atoms with Crippen molar-refractivity contribution in [1.29, 1.82) is 0 Å². The van der Waals surface area contributed by atoms with Crippen molar-refractivity contribution in [3.8, 4) is 0 Å². The van der Waals surface area contributed by atoms with Gasteiger partial charge in [0.05, 0.1) is 11.0 Å². The molecule has 0 aliphatic heterocycles. The molecule has 1 atom stereocenters. The van der Waals surface area contributed by atoms with E-state index in [-0.39, 0.29) is 5.92 Å². The Hall–Kier alpha value is -2.87. The van der Waals surface area contributed by atoms with Gasteiger partial charge in [0.2, 0.25) is 0 Å². The molecule has 2 heteroatoms. The fourth-order valence-electron chi connectivity index (χ4n) is 4.03. The van der Waals surface area contributed by atoms with E-state index in [1.54, 1.807) is 0 Å². The number of aromatic nitrogens is 2. The van der Waals surface area contributed by atoms with E-state index in [0.717, 1.165) is 24.3 Å². The first-order chi connectivity index (χ1) is 14.0. The van der Waals surface area contributed by atoms with Crippen LogP contribution >= 0.6 is 0 Å². The van der Waals surface area contributed by atoms with Gasteiger partial charge in [0, 0.05) is 12.5 Å². The van der Waals surface area contributed by atoms with Crippen LogP contribution in [0.2, 0.25) is 0 Å². The largest absolute Gasteiger partial charge is 0.323 e. The SMILES string of the molecule is Cc1ccc(Cn2c(C(C)c3ccc(CC(C)C)cc3)nc3ccccc32)cc1. The van der Waals surface area contributed by atoms with Gasteiger partial charge >= 0.3 is 0 Å². The van der Waals surface area contributed by atoms with Crippen LogP contribution in [0.1, 0.15) is 54.8 Å². The highest BCUT2D eigenvalue weighted by Crippen LogP contribution is 2.28. The van der Waals surface area contributed by atoms with Crippen LogP contribution in [0.4, 0.5) is 0 Å². The molecule has 0 amide bonds. The standard InChI is InChI=1S/C27H30N2/c1-19(2)17-22-13-15-24(16-14-22)21(4)27-28-25-7-5-6-8-26(25)29(27)18-23-11-9-20(3)10-12-23/h5-16,19,21H,17-18H2,1-4H3. The molecule has 0 saturated carbocycles. The van der Waals surface area contributed by atoms with E-state index in [0.29, 0.717) is 5.92 Å². The highest BCUT2D eigenvalue weighted by Gasteiger charge is 2.18. The average Bonchev–Trinajstić information content (AvgIpc) is 3.08. The number of hydrogen-bond donors (Lipinski definition) is 0. The van der Waals surface area contributed by atoms with Crippen molar-refractivity contribution in [3.63, 3.8) is 0 Å². The third-order valence-corrected chi connectivity index (χ3v) is 5.66. The zero-order chi connectivity index (χ0) is 20.4. The number of benzene rings is 3. The van der Waals surface area contributed by atoms with Gasteiger partial charge in [-0.05, 0) is 48.1 Å². The van der Waals surface area contributed by atoms with Gasteiger partial charge in [-0.25, -0.2) is 4.98 Å². The van der Waals surface area contributed by atoms with Crippen LogP contribution in [0.15, 0.2) is 72.8 Å². The molecule has 0 bridgehead atoms. The van der Waals surface area contributed by atoms with Crippen LogP contribution in [-0.2, 0) is 13.0 Å². The lowest BCUT2D eigenvalue weighted by Crippen LogP contribution is -2.09. The van der Waals surface area contributed by atoms with E-state index < -0.39 is 0 Å². The van der Waals surface area contributed by atoms with Crippen molar-refractivity contribution in [3.05, 3.63) is 101 Å². The van der Waals surface area contributed by atoms with E-state index in [1.165, 1.54) is 27.8 Å². The zero-order valence-electron chi connectivity index (χ0n) is 17.9. The molecule has 2 nitrogen and oxygen atoms in total. The molecule has 0 radical (unpaired) electrons. The van der Waals surface area contributed by atoms with Gasteiger partial charge in [-0.3, -0.25) is 0 Å². The predicted octanol–water partition coefficient (Wildman–Crippen LogP) is 6.74. The summed E-state index contributed by atoms with van der Waals surface area (Å²) in [5.74, 6) is 2.04. The van der Waals surface area contributed by atoms with Gasteiger partial charge in [0.15, 0.2) is 0 Å². The summed E-state index contributed by atoms with van der Waals surface area (Å²) < 4.78 is 2.38. The molecule has 0 N–H and O–H groups in total. The quantitative estimate of drug-likeness (QED) is 0.361. The molecule has 3 aromatic carbocycles. The Labute approximate surface area is 174 Å². The Balaban J connectivity index is 1.71. The summed E-state index contributed by atoms with van der Waals surface area (Å²) in [6, 6.07) is 26.4. The second-order valence-electron chi connectivity index (χ2n) is 8.59. The minimum absolute atomic E-state index is 0.237. The molecular weight excluding hydrogens is 352 g/mol. The maximum absolute atomic E-state index is 5.04. The van der Waals surface area contributed by atoms with E-state index in [1.807, 2.05) is 0 Å². The van der Waals surface area contributed by atoms with Crippen LogP contribution in [-0.4, -0.2) is 9.55 Å². The molecule has 148 valence electrons. The lowest BCUT2D eigenvalue weighted by Gasteiger charge is -2.16. The van der Waals surface area contributed by atoms with Crippen LogP contribution in [0, 0.1) is 12.8 Å². The molecule has 1 aromatic heterocycles. The van der Waals surface area contributed by atoms with Crippen molar-refractivity contribution in [1.82, 2.24) is 9.55 Å². The normalized spacial score (nSPS) is 12.6. The Morgan fingerprint density at radius 2 is 1.45 bits per heavy atom. The third-order valence-electron chi connectivity index (χ3n) is 5.66. The predicted molar refractivity (Wildman–Crippen MR) is 123 cm³/mol.